The summed E-state index contributed by atoms with van der Waals surface area (Å²) in [5, 5.41) is 7.72. The van der Waals surface area contributed by atoms with Gasteiger partial charge in [0.05, 0.1) is 17.4 Å². The Morgan fingerprint density at radius 2 is 1.88 bits per heavy atom. The summed E-state index contributed by atoms with van der Waals surface area (Å²) in [6.07, 6.45) is 2.50. The van der Waals surface area contributed by atoms with Gasteiger partial charge in [-0.1, -0.05) is 43.3 Å². The minimum Gasteiger partial charge on any atom is -0.336 e. The van der Waals surface area contributed by atoms with Gasteiger partial charge in [0.15, 0.2) is 0 Å². The number of hydrogen-bond donors (Lipinski definition) is 2. The van der Waals surface area contributed by atoms with E-state index in [-0.39, 0.29) is 11.9 Å². The zero-order valence-corrected chi connectivity index (χ0v) is 19.4. The SMILES string of the molecule is CCC(N)CCc1ccc(Cn2c(-c3ccccc3C)cc3c4c(F)[nH]nc4ccc32)c(F)c1. The second kappa shape index (κ2) is 9.03. The second-order valence-electron chi connectivity index (χ2n) is 8.99. The average Bonchev–Trinajstić information content (AvgIpc) is 3.39. The minimum absolute atomic E-state index is 0.130. The molecule has 0 fully saturated rings. The highest BCUT2D eigenvalue weighted by Crippen LogP contribution is 2.35. The van der Waals surface area contributed by atoms with Crippen LogP contribution in [0.2, 0.25) is 0 Å². The predicted octanol–water partition coefficient (Wildman–Crippen LogP) is 6.49. The fourth-order valence-electron chi connectivity index (χ4n) is 4.67. The molecule has 4 nitrogen and oxygen atoms in total. The van der Waals surface area contributed by atoms with Gasteiger partial charge in [-0.25, -0.2) is 4.39 Å². The number of aryl methyl sites for hydroxylation is 2. The first-order valence-electron chi connectivity index (χ1n) is 11.7. The van der Waals surface area contributed by atoms with E-state index < -0.39 is 5.95 Å². The van der Waals surface area contributed by atoms with Crippen molar-refractivity contribution in [2.75, 3.05) is 0 Å². The van der Waals surface area contributed by atoms with E-state index in [0.717, 1.165) is 52.5 Å². The van der Waals surface area contributed by atoms with Crippen LogP contribution in [0.1, 0.15) is 36.5 Å². The molecule has 0 aliphatic carbocycles. The number of hydrogen-bond acceptors (Lipinski definition) is 2. The van der Waals surface area contributed by atoms with Crippen LogP contribution >= 0.6 is 0 Å². The lowest BCUT2D eigenvalue weighted by Crippen LogP contribution is -2.19. The van der Waals surface area contributed by atoms with Gasteiger partial charge in [-0.2, -0.15) is 9.49 Å². The standard InChI is InChI=1S/C28H28F2N4/c1-3-20(31)11-9-18-8-10-19(23(29)14-18)16-34-25-13-12-24-27(28(30)33-32-24)22(25)15-26(34)21-7-5-4-6-17(21)2/h4-8,10,12-15,20H,3,9,11,16,31H2,1-2H3,(H,32,33). The molecule has 1 atom stereocenters. The number of benzene rings is 3. The highest BCUT2D eigenvalue weighted by molar-refractivity contribution is 6.07. The lowest BCUT2D eigenvalue weighted by molar-refractivity contribution is 0.583. The molecule has 0 amide bonds. The van der Waals surface area contributed by atoms with Crippen LogP contribution in [-0.2, 0) is 13.0 Å². The highest BCUT2D eigenvalue weighted by atomic mass is 19.1. The van der Waals surface area contributed by atoms with Crippen molar-refractivity contribution >= 4 is 21.8 Å². The van der Waals surface area contributed by atoms with E-state index in [2.05, 4.69) is 21.7 Å². The minimum atomic E-state index is -0.463. The zero-order chi connectivity index (χ0) is 23.8. The predicted molar refractivity (Wildman–Crippen MR) is 134 cm³/mol. The van der Waals surface area contributed by atoms with Gasteiger partial charge in [0.2, 0.25) is 5.95 Å². The third kappa shape index (κ3) is 3.99. The third-order valence-corrected chi connectivity index (χ3v) is 6.75. The Balaban J connectivity index is 1.61. The first-order chi connectivity index (χ1) is 16.5. The van der Waals surface area contributed by atoms with Gasteiger partial charge in [-0.3, -0.25) is 5.10 Å². The molecule has 6 heteroatoms. The molecule has 3 N–H and O–H groups in total. The number of nitrogens with one attached hydrogen (secondary N) is 1. The van der Waals surface area contributed by atoms with Gasteiger partial charge in [-0.15, -0.1) is 0 Å². The summed E-state index contributed by atoms with van der Waals surface area (Å²) >= 11 is 0. The Kier molecular flexibility index (Phi) is 5.92. The van der Waals surface area contributed by atoms with E-state index in [0.29, 0.717) is 23.0 Å². The van der Waals surface area contributed by atoms with Crippen molar-refractivity contribution < 1.29 is 8.78 Å². The number of nitrogens with zero attached hydrogens (tertiary/aromatic N) is 2. The Morgan fingerprint density at radius 1 is 1.06 bits per heavy atom. The first-order valence-corrected chi connectivity index (χ1v) is 11.7. The molecular weight excluding hydrogens is 430 g/mol. The van der Waals surface area contributed by atoms with Crippen LogP contribution in [-0.4, -0.2) is 20.8 Å². The van der Waals surface area contributed by atoms with Gasteiger partial charge in [0, 0.05) is 33.8 Å². The van der Waals surface area contributed by atoms with E-state index in [4.69, 9.17) is 5.73 Å². The van der Waals surface area contributed by atoms with Crippen molar-refractivity contribution in [1.82, 2.24) is 14.8 Å². The molecule has 1 unspecified atom stereocenters. The maximum absolute atomic E-state index is 15.2. The Labute approximate surface area is 197 Å². The number of aromatic nitrogens is 3. The summed E-state index contributed by atoms with van der Waals surface area (Å²) in [4.78, 5) is 0. The molecule has 5 rings (SSSR count). The molecule has 174 valence electrons. The number of H-pyrrole nitrogens is 1. The van der Waals surface area contributed by atoms with Crippen LogP contribution < -0.4 is 5.73 Å². The zero-order valence-electron chi connectivity index (χ0n) is 19.4. The van der Waals surface area contributed by atoms with Crippen molar-refractivity contribution in [2.24, 2.45) is 5.73 Å². The lowest BCUT2D eigenvalue weighted by atomic mass is 10.0. The first kappa shape index (κ1) is 22.3. The van der Waals surface area contributed by atoms with Crippen molar-refractivity contribution in [1.29, 1.82) is 0 Å². The van der Waals surface area contributed by atoms with E-state index in [1.807, 2.05) is 55.5 Å². The van der Waals surface area contributed by atoms with Crippen LogP contribution in [0.25, 0.3) is 33.1 Å². The van der Waals surface area contributed by atoms with E-state index in [1.165, 1.54) is 0 Å². The molecule has 3 aromatic carbocycles. The second-order valence-corrected chi connectivity index (χ2v) is 8.99. The van der Waals surface area contributed by atoms with Crippen LogP contribution in [0.15, 0.2) is 60.7 Å². The summed E-state index contributed by atoms with van der Waals surface area (Å²) < 4.78 is 31.9. The van der Waals surface area contributed by atoms with Crippen molar-refractivity contribution in [2.45, 2.75) is 45.7 Å². The molecule has 0 aliphatic rings. The van der Waals surface area contributed by atoms with Crippen LogP contribution in [0.5, 0.6) is 0 Å². The summed E-state index contributed by atoms with van der Waals surface area (Å²) in [6.45, 7) is 4.44. The molecular formula is C28H28F2N4. The summed E-state index contributed by atoms with van der Waals surface area (Å²) in [5.41, 5.74) is 12.0. The molecule has 0 spiro atoms. The molecule has 2 heterocycles. The highest BCUT2D eigenvalue weighted by Gasteiger charge is 2.19. The third-order valence-electron chi connectivity index (χ3n) is 6.75. The van der Waals surface area contributed by atoms with Crippen molar-refractivity contribution in [3.8, 4) is 11.3 Å². The van der Waals surface area contributed by atoms with Gasteiger partial charge in [-0.05, 0) is 61.6 Å². The quantitative estimate of drug-likeness (QED) is 0.293. The lowest BCUT2D eigenvalue weighted by Gasteiger charge is -2.14. The maximum atomic E-state index is 15.2. The van der Waals surface area contributed by atoms with Crippen molar-refractivity contribution in [3.63, 3.8) is 0 Å². The topological polar surface area (TPSA) is 59.6 Å². The van der Waals surface area contributed by atoms with Crippen LogP contribution in [0.3, 0.4) is 0 Å². The largest absolute Gasteiger partial charge is 0.336 e. The molecule has 0 radical (unpaired) electrons. The monoisotopic (exact) mass is 458 g/mol. The number of nitrogens with two attached hydrogens (primary N) is 1. The van der Waals surface area contributed by atoms with Gasteiger partial charge in [0.25, 0.3) is 0 Å². The van der Waals surface area contributed by atoms with Crippen LogP contribution in [0, 0.1) is 18.7 Å². The van der Waals surface area contributed by atoms with Gasteiger partial charge in [0.1, 0.15) is 5.82 Å². The number of aromatic amines is 1. The summed E-state index contributed by atoms with van der Waals surface area (Å²) in [6, 6.07) is 19.3. The Bertz CT molecular complexity index is 1480. The number of fused-ring (bicyclic) bond motifs is 3. The smallest absolute Gasteiger partial charge is 0.217 e. The Hall–Kier alpha value is -3.51. The average molecular weight is 459 g/mol. The van der Waals surface area contributed by atoms with Gasteiger partial charge >= 0.3 is 0 Å². The fraction of sp³-hybridized carbons (Fsp3) is 0.250. The Morgan fingerprint density at radius 3 is 2.65 bits per heavy atom. The molecule has 5 aromatic rings. The fourth-order valence-corrected chi connectivity index (χ4v) is 4.67. The number of rotatable bonds is 7. The van der Waals surface area contributed by atoms with Crippen molar-refractivity contribution in [3.05, 3.63) is 89.1 Å². The van der Waals surface area contributed by atoms with Gasteiger partial charge < -0.3 is 10.3 Å². The molecule has 0 bridgehead atoms. The molecule has 0 saturated carbocycles. The van der Waals surface area contributed by atoms with E-state index in [9.17, 15) is 4.39 Å². The van der Waals surface area contributed by atoms with E-state index in [1.54, 1.807) is 12.1 Å². The van der Waals surface area contributed by atoms with E-state index >= 15 is 4.39 Å². The normalized spacial score (nSPS) is 12.6. The number of halogens is 2. The summed E-state index contributed by atoms with van der Waals surface area (Å²) in [5.74, 6) is -0.703. The molecule has 34 heavy (non-hydrogen) atoms. The van der Waals surface area contributed by atoms with Crippen LogP contribution in [0.4, 0.5) is 8.78 Å². The summed E-state index contributed by atoms with van der Waals surface area (Å²) in [7, 11) is 0. The molecule has 0 saturated heterocycles. The molecule has 2 aromatic heterocycles. The molecule has 0 aliphatic heterocycles. The maximum Gasteiger partial charge on any atom is 0.217 e.